The van der Waals surface area contributed by atoms with Crippen LogP contribution in [0.3, 0.4) is 0 Å². The van der Waals surface area contributed by atoms with E-state index >= 15 is 0 Å². The number of imidazole rings is 1. The molecule has 2 N–H and O–H groups in total. The average molecular weight is 384 g/mol. The van der Waals surface area contributed by atoms with Crippen LogP contribution in [0.2, 0.25) is 0 Å². The Morgan fingerprint density at radius 2 is 1.45 bits per heavy atom. The highest BCUT2D eigenvalue weighted by Crippen LogP contribution is 2.20. The fourth-order valence-electron chi connectivity index (χ4n) is 3.18. The highest BCUT2D eigenvalue weighted by Gasteiger charge is 2.06. The van der Waals surface area contributed by atoms with Crippen LogP contribution in [0.1, 0.15) is 11.1 Å². The van der Waals surface area contributed by atoms with Gasteiger partial charge in [0.1, 0.15) is 5.65 Å². The molecule has 1 aromatic carbocycles. The van der Waals surface area contributed by atoms with Gasteiger partial charge in [-0.2, -0.15) is 0 Å². The van der Waals surface area contributed by atoms with Gasteiger partial charge in [0.05, 0.1) is 18.8 Å². The molecule has 0 spiro atoms. The van der Waals surface area contributed by atoms with Gasteiger partial charge in [0, 0.05) is 49.0 Å². The molecule has 4 heterocycles. The number of aromatic nitrogens is 2. The molecule has 29 heavy (non-hydrogen) atoms. The summed E-state index contributed by atoms with van der Waals surface area (Å²) in [5.74, 6) is 1.39. The SMILES string of the molecule is C(=N\C1=NCCN1)/c1ccc(-c2cn3cc(/C=N/C4=NCCN4)ccc3n2)cc1. The number of aliphatic imine (C=N–C) groups is 4. The molecule has 2 aromatic heterocycles. The van der Waals surface area contributed by atoms with E-state index in [1.807, 2.05) is 53.5 Å². The van der Waals surface area contributed by atoms with Crippen molar-refractivity contribution in [3.8, 4) is 11.3 Å². The lowest BCUT2D eigenvalue weighted by Crippen LogP contribution is -2.16. The highest BCUT2D eigenvalue weighted by molar-refractivity contribution is 5.95. The van der Waals surface area contributed by atoms with Gasteiger partial charge in [-0.05, 0) is 17.7 Å². The zero-order valence-electron chi connectivity index (χ0n) is 15.8. The van der Waals surface area contributed by atoms with Crippen LogP contribution in [-0.2, 0) is 0 Å². The lowest BCUT2D eigenvalue weighted by atomic mass is 10.1. The molecule has 0 fully saturated rings. The van der Waals surface area contributed by atoms with E-state index < -0.39 is 0 Å². The second-order valence-corrected chi connectivity index (χ2v) is 6.76. The van der Waals surface area contributed by atoms with Crippen LogP contribution < -0.4 is 10.6 Å². The van der Waals surface area contributed by atoms with Gasteiger partial charge in [0.2, 0.25) is 11.9 Å². The summed E-state index contributed by atoms with van der Waals surface area (Å²) < 4.78 is 2.01. The molecule has 2 aliphatic rings. The van der Waals surface area contributed by atoms with Crippen molar-refractivity contribution in [2.24, 2.45) is 20.0 Å². The summed E-state index contributed by atoms with van der Waals surface area (Å²) in [7, 11) is 0. The Morgan fingerprint density at radius 3 is 2.10 bits per heavy atom. The standard InChI is InChI=1S/C21H20N8/c1-4-17(5-2-15(1)11-26-20-22-7-8-23-20)18-14-29-13-16(3-6-19(29)28-18)12-27-21-24-9-10-25-21/h1-6,11-14H,7-10H2,(H,22,23)(H,24,25)/b26-11+,27-12+. The lowest BCUT2D eigenvalue weighted by Gasteiger charge is -1.98. The van der Waals surface area contributed by atoms with E-state index in [1.54, 1.807) is 0 Å². The second-order valence-electron chi connectivity index (χ2n) is 6.76. The second kappa shape index (κ2) is 7.67. The maximum Gasteiger partial charge on any atom is 0.218 e. The van der Waals surface area contributed by atoms with Gasteiger partial charge in [0.25, 0.3) is 0 Å². The number of nitrogens with one attached hydrogen (secondary N) is 2. The molecule has 144 valence electrons. The van der Waals surface area contributed by atoms with E-state index in [9.17, 15) is 0 Å². The highest BCUT2D eigenvalue weighted by atomic mass is 15.2. The predicted molar refractivity (Wildman–Crippen MR) is 116 cm³/mol. The molecule has 8 heteroatoms. The third-order valence-electron chi connectivity index (χ3n) is 4.67. The average Bonchev–Trinajstić information content (AvgIpc) is 3.52. The van der Waals surface area contributed by atoms with Gasteiger partial charge in [-0.3, -0.25) is 0 Å². The van der Waals surface area contributed by atoms with Gasteiger partial charge in [-0.1, -0.05) is 24.3 Å². The summed E-state index contributed by atoms with van der Waals surface area (Å²) in [5.41, 5.74) is 4.89. The number of hydrogen-bond donors (Lipinski definition) is 2. The molecule has 0 saturated heterocycles. The van der Waals surface area contributed by atoms with E-state index in [4.69, 9.17) is 4.98 Å². The third-order valence-corrected chi connectivity index (χ3v) is 4.67. The molecule has 0 amide bonds. The van der Waals surface area contributed by atoms with Crippen molar-refractivity contribution in [3.63, 3.8) is 0 Å². The zero-order chi connectivity index (χ0) is 19.5. The minimum Gasteiger partial charge on any atom is -0.353 e. The van der Waals surface area contributed by atoms with E-state index in [0.717, 1.165) is 54.2 Å². The van der Waals surface area contributed by atoms with Gasteiger partial charge in [-0.25, -0.2) is 25.0 Å². The molecule has 0 aliphatic carbocycles. The molecule has 0 unspecified atom stereocenters. The minimum atomic E-state index is 0.691. The van der Waals surface area contributed by atoms with Crippen molar-refractivity contribution in [3.05, 3.63) is 59.9 Å². The molecule has 0 radical (unpaired) electrons. The van der Waals surface area contributed by atoms with Crippen LogP contribution in [0.15, 0.2) is 68.8 Å². The maximum absolute atomic E-state index is 4.72. The number of nitrogens with zero attached hydrogens (tertiary/aromatic N) is 6. The third kappa shape index (κ3) is 3.91. The van der Waals surface area contributed by atoms with E-state index in [2.05, 4.69) is 42.7 Å². The summed E-state index contributed by atoms with van der Waals surface area (Å²) in [4.78, 5) is 22.0. The number of hydrogen-bond acceptors (Lipinski definition) is 7. The number of pyridine rings is 1. The first-order valence-electron chi connectivity index (χ1n) is 9.57. The van der Waals surface area contributed by atoms with Crippen LogP contribution in [0, 0.1) is 0 Å². The molecule has 8 nitrogen and oxygen atoms in total. The number of rotatable bonds is 3. The Kier molecular flexibility index (Phi) is 4.57. The Bertz CT molecular complexity index is 1150. The monoisotopic (exact) mass is 384 g/mol. The summed E-state index contributed by atoms with van der Waals surface area (Å²) in [6, 6.07) is 12.2. The Hall–Kier alpha value is -3.81. The maximum atomic E-state index is 4.72. The number of benzene rings is 1. The topological polar surface area (TPSA) is 90.8 Å². The largest absolute Gasteiger partial charge is 0.353 e. The quantitative estimate of drug-likeness (QED) is 0.674. The van der Waals surface area contributed by atoms with Crippen molar-refractivity contribution in [1.82, 2.24) is 20.0 Å². The molecule has 0 atom stereocenters. The van der Waals surface area contributed by atoms with Crippen LogP contribution in [0.25, 0.3) is 16.9 Å². The summed E-state index contributed by atoms with van der Waals surface area (Å²) in [6.07, 6.45) is 7.67. The van der Waals surface area contributed by atoms with Gasteiger partial charge >= 0.3 is 0 Å². The van der Waals surface area contributed by atoms with Crippen LogP contribution in [0.4, 0.5) is 0 Å². The number of fused-ring (bicyclic) bond motifs is 1. The van der Waals surface area contributed by atoms with E-state index in [0.29, 0.717) is 11.9 Å². The minimum absolute atomic E-state index is 0.691. The smallest absolute Gasteiger partial charge is 0.218 e. The predicted octanol–water partition coefficient (Wildman–Crippen LogP) is 1.76. The van der Waals surface area contributed by atoms with Crippen LogP contribution >= 0.6 is 0 Å². The van der Waals surface area contributed by atoms with Crippen LogP contribution in [0.5, 0.6) is 0 Å². The Morgan fingerprint density at radius 1 is 0.793 bits per heavy atom. The van der Waals surface area contributed by atoms with Crippen molar-refractivity contribution < 1.29 is 0 Å². The molecule has 2 aliphatic heterocycles. The fourth-order valence-corrected chi connectivity index (χ4v) is 3.18. The normalized spacial score (nSPS) is 16.4. The van der Waals surface area contributed by atoms with Gasteiger partial charge in [0.15, 0.2) is 0 Å². The summed E-state index contributed by atoms with van der Waals surface area (Å²) in [5, 5.41) is 6.26. The van der Waals surface area contributed by atoms with E-state index in [-0.39, 0.29) is 0 Å². The first-order valence-corrected chi connectivity index (χ1v) is 9.57. The van der Waals surface area contributed by atoms with Crippen molar-refractivity contribution in [2.75, 3.05) is 26.2 Å². The summed E-state index contributed by atoms with van der Waals surface area (Å²) >= 11 is 0. The molecule has 0 saturated carbocycles. The fraction of sp³-hybridized carbons (Fsp3) is 0.190. The van der Waals surface area contributed by atoms with Crippen molar-refractivity contribution >= 4 is 30.0 Å². The molecule has 5 rings (SSSR count). The van der Waals surface area contributed by atoms with E-state index in [1.165, 1.54) is 0 Å². The molecular formula is C21H20N8. The number of guanidine groups is 2. The van der Waals surface area contributed by atoms with Crippen molar-refractivity contribution in [2.45, 2.75) is 0 Å². The lowest BCUT2D eigenvalue weighted by molar-refractivity contribution is 0.957. The van der Waals surface area contributed by atoms with Gasteiger partial charge in [-0.15, -0.1) is 0 Å². The zero-order valence-corrected chi connectivity index (χ0v) is 15.8. The Labute approximate surface area is 167 Å². The first-order chi connectivity index (χ1) is 14.3. The molecule has 0 bridgehead atoms. The summed E-state index contributed by atoms with van der Waals surface area (Å²) in [6.45, 7) is 3.29. The first kappa shape index (κ1) is 17.3. The Balaban J connectivity index is 1.34. The van der Waals surface area contributed by atoms with Crippen molar-refractivity contribution in [1.29, 1.82) is 0 Å². The van der Waals surface area contributed by atoms with Gasteiger partial charge < -0.3 is 15.0 Å². The molecular weight excluding hydrogens is 364 g/mol. The van der Waals surface area contributed by atoms with Crippen LogP contribution in [-0.4, -0.2) is 59.9 Å². The molecule has 3 aromatic rings.